The monoisotopic (exact) mass is 611 g/mol. The number of rotatable bonds is 12. The van der Waals surface area contributed by atoms with Gasteiger partial charge in [0, 0.05) is 29.7 Å². The van der Waals surface area contributed by atoms with Crippen molar-refractivity contribution in [3.8, 4) is 0 Å². The van der Waals surface area contributed by atoms with Crippen LogP contribution >= 0.6 is 23.2 Å². The highest BCUT2D eigenvalue weighted by atomic mass is 35.5. The van der Waals surface area contributed by atoms with E-state index in [0.717, 1.165) is 70.1 Å². The van der Waals surface area contributed by atoms with Crippen LogP contribution in [0.1, 0.15) is 77.7 Å². The highest BCUT2D eigenvalue weighted by Crippen LogP contribution is 2.37. The minimum absolute atomic E-state index is 0.00490. The summed E-state index contributed by atoms with van der Waals surface area (Å²) in [7, 11) is 0. The number of carbonyl (C=O) groups is 2. The summed E-state index contributed by atoms with van der Waals surface area (Å²) in [5.41, 5.74) is 1.81. The molecule has 41 heavy (non-hydrogen) atoms. The maximum absolute atomic E-state index is 13.9. The van der Waals surface area contributed by atoms with Crippen LogP contribution < -0.4 is 16.0 Å². The molecule has 0 spiro atoms. The van der Waals surface area contributed by atoms with E-state index in [1.165, 1.54) is 12.1 Å². The van der Waals surface area contributed by atoms with Crippen molar-refractivity contribution >= 4 is 41.7 Å². The number of nitrogens with one attached hydrogen (secondary N) is 3. The number of aliphatic hydroxyl groups excluding tert-OH is 1. The molecule has 1 aliphatic carbocycles. The van der Waals surface area contributed by atoms with Gasteiger partial charge in [0.1, 0.15) is 5.82 Å². The smallest absolute Gasteiger partial charge is 0.211 e. The molecule has 1 aromatic rings. The minimum Gasteiger partial charge on any atom is -0.393 e. The summed E-state index contributed by atoms with van der Waals surface area (Å²) >= 11 is 11.7. The molecule has 4 N–H and O–H groups in total. The molecule has 6 nitrogen and oxygen atoms in total. The number of allylic oxidation sites excluding steroid dienone is 5. The molecule has 0 radical (unpaired) electrons. The first-order chi connectivity index (χ1) is 19.4. The van der Waals surface area contributed by atoms with Crippen LogP contribution in [-0.4, -0.2) is 43.7 Å². The number of benzene rings is 1. The first-order valence-electron chi connectivity index (χ1n) is 14.3. The summed E-state index contributed by atoms with van der Waals surface area (Å²) in [5, 5.41) is 18.4. The number of carbonyl (C=O) groups excluding carboxylic acids is 2. The summed E-state index contributed by atoms with van der Waals surface area (Å²) in [6.07, 6.45) is 14.6. The number of hydrogen-bond donors (Lipinski definition) is 4. The van der Waals surface area contributed by atoms with E-state index in [4.69, 9.17) is 23.2 Å². The van der Waals surface area contributed by atoms with Crippen LogP contribution in [0.5, 0.6) is 0 Å². The van der Waals surface area contributed by atoms with Gasteiger partial charge in [-0.05, 0) is 86.1 Å². The average Bonchev–Trinajstić information content (AvgIpc) is 3.54. The maximum Gasteiger partial charge on any atom is 0.211 e. The van der Waals surface area contributed by atoms with Crippen molar-refractivity contribution in [3.63, 3.8) is 0 Å². The van der Waals surface area contributed by atoms with E-state index in [1.54, 1.807) is 12.2 Å². The van der Waals surface area contributed by atoms with Crippen molar-refractivity contribution in [2.75, 3.05) is 25.0 Å². The van der Waals surface area contributed by atoms with Crippen LogP contribution in [0.3, 0.4) is 0 Å². The van der Waals surface area contributed by atoms with E-state index in [2.05, 4.69) is 50.2 Å². The summed E-state index contributed by atoms with van der Waals surface area (Å²) in [6, 6.07) is 2.87. The fourth-order valence-electron chi connectivity index (χ4n) is 4.75. The van der Waals surface area contributed by atoms with E-state index in [0.29, 0.717) is 28.5 Å². The molecular formula is C32H48Cl2FN3O3. The second-order valence-electron chi connectivity index (χ2n) is 12.1. The van der Waals surface area contributed by atoms with E-state index in [-0.39, 0.29) is 23.0 Å². The molecule has 1 aromatic carbocycles. The molecule has 9 heteroatoms. The van der Waals surface area contributed by atoms with Crippen LogP contribution in [0.25, 0.3) is 0 Å². The number of aliphatic hydroxyl groups is 1. The molecule has 230 valence electrons. The predicted molar refractivity (Wildman–Crippen MR) is 170 cm³/mol. The van der Waals surface area contributed by atoms with Gasteiger partial charge in [-0.2, -0.15) is 0 Å². The highest BCUT2D eigenvalue weighted by Gasteiger charge is 2.30. The van der Waals surface area contributed by atoms with E-state index in [1.807, 2.05) is 12.2 Å². The molecule has 0 bridgehead atoms. The van der Waals surface area contributed by atoms with Gasteiger partial charge >= 0.3 is 0 Å². The summed E-state index contributed by atoms with van der Waals surface area (Å²) in [6.45, 7) is 14.6. The minimum atomic E-state index is -0.481. The van der Waals surface area contributed by atoms with Crippen molar-refractivity contribution in [3.05, 3.63) is 64.5 Å². The Bertz CT molecular complexity index is 1000. The molecule has 1 aliphatic heterocycles. The van der Waals surface area contributed by atoms with Gasteiger partial charge in [-0.3, -0.25) is 9.59 Å². The van der Waals surface area contributed by atoms with Crippen LogP contribution in [0.2, 0.25) is 5.02 Å². The predicted octanol–water partition coefficient (Wildman–Crippen LogP) is 7.33. The molecule has 4 atom stereocenters. The maximum atomic E-state index is 13.9. The summed E-state index contributed by atoms with van der Waals surface area (Å²) in [4.78, 5) is 20.7. The van der Waals surface area contributed by atoms with Crippen LogP contribution in [0.4, 0.5) is 10.1 Å². The van der Waals surface area contributed by atoms with Gasteiger partial charge in [0.2, 0.25) is 12.8 Å². The lowest BCUT2D eigenvalue weighted by Crippen LogP contribution is -2.13. The zero-order valence-electron chi connectivity index (χ0n) is 24.9. The van der Waals surface area contributed by atoms with Crippen LogP contribution in [0, 0.1) is 23.1 Å². The SMILES string of the molecule is C=C/C(Cl)=C\C=C/CC1CNC[C@H]1c1cc(F)c(Cl)cc1NC=O.CC(C)(C)C.O=CNCCC[C@H]1CCC(O)C1. The Labute approximate surface area is 255 Å². The number of halogens is 3. The molecule has 2 fully saturated rings. The standard InChI is InChI=1S/C18H19Cl2FN2O.C9H17NO2.C5H12/c1-2-13(19)6-4-3-5-12-9-22-10-15(12)14-7-17(21)16(20)8-18(14)23-11-24;11-7-10-5-1-2-8-3-4-9(12)6-8;1-5(2,3)4/h2-4,6-8,11-12,15,22H,1,5,9-10H2,(H,23,24);7-9,12H,1-6H2,(H,10,11);1-4H3/b4-3-,13-6+;;/t12?,15-;8-,9?;/m10./s1. The van der Waals surface area contributed by atoms with E-state index in [9.17, 15) is 19.1 Å². The zero-order chi connectivity index (χ0) is 30.8. The van der Waals surface area contributed by atoms with Gasteiger partial charge in [-0.1, -0.05) is 75.7 Å². The Morgan fingerprint density at radius 1 is 1.20 bits per heavy atom. The molecule has 3 rings (SSSR count). The highest BCUT2D eigenvalue weighted by molar-refractivity contribution is 6.31. The van der Waals surface area contributed by atoms with Crippen molar-refractivity contribution < 1.29 is 19.1 Å². The van der Waals surface area contributed by atoms with Crippen molar-refractivity contribution in [2.45, 2.75) is 78.2 Å². The van der Waals surface area contributed by atoms with E-state index >= 15 is 0 Å². The van der Waals surface area contributed by atoms with Crippen molar-refractivity contribution in [2.24, 2.45) is 17.3 Å². The largest absolute Gasteiger partial charge is 0.393 e. The molecule has 1 heterocycles. The van der Waals surface area contributed by atoms with E-state index < -0.39 is 5.82 Å². The van der Waals surface area contributed by atoms with Gasteiger partial charge in [-0.25, -0.2) is 4.39 Å². The number of amides is 2. The van der Waals surface area contributed by atoms with Gasteiger partial charge < -0.3 is 21.1 Å². The topological polar surface area (TPSA) is 90.5 Å². The molecular weight excluding hydrogens is 564 g/mol. The first-order valence-corrected chi connectivity index (χ1v) is 15.0. The third kappa shape index (κ3) is 16.1. The summed E-state index contributed by atoms with van der Waals surface area (Å²) < 4.78 is 13.9. The zero-order valence-corrected chi connectivity index (χ0v) is 26.4. The second-order valence-corrected chi connectivity index (χ2v) is 13.0. The Hall–Kier alpha value is -2.19. The lowest BCUT2D eigenvalue weighted by Gasteiger charge is -2.21. The lowest BCUT2D eigenvalue weighted by atomic mass is 9.85. The van der Waals surface area contributed by atoms with Gasteiger partial charge in [-0.15, -0.1) is 0 Å². The lowest BCUT2D eigenvalue weighted by molar-refractivity contribution is -0.109. The fourth-order valence-corrected chi connectivity index (χ4v) is 4.98. The molecule has 1 saturated heterocycles. The first kappa shape index (κ1) is 36.8. The summed E-state index contributed by atoms with van der Waals surface area (Å²) in [5.74, 6) is 0.575. The molecule has 2 amide bonds. The van der Waals surface area contributed by atoms with Gasteiger partial charge in [0.25, 0.3) is 0 Å². The molecule has 2 aliphatic rings. The van der Waals surface area contributed by atoms with Gasteiger partial charge in [0.05, 0.1) is 11.1 Å². The quantitative estimate of drug-likeness (QED) is 0.113. The molecule has 0 aromatic heterocycles. The van der Waals surface area contributed by atoms with Crippen molar-refractivity contribution in [1.29, 1.82) is 0 Å². The normalized spacial score (nSPS) is 22.3. The fraction of sp³-hybridized carbons (Fsp3) is 0.562. The molecule has 2 unspecified atom stereocenters. The Balaban J connectivity index is 0.000000409. The Kier molecular flexibility index (Phi) is 17.8. The third-order valence-electron chi connectivity index (χ3n) is 6.60. The number of anilines is 1. The Morgan fingerprint density at radius 3 is 2.49 bits per heavy atom. The number of hydrogen-bond acceptors (Lipinski definition) is 4. The van der Waals surface area contributed by atoms with Crippen molar-refractivity contribution in [1.82, 2.24) is 10.6 Å². The van der Waals surface area contributed by atoms with Gasteiger partial charge in [0.15, 0.2) is 0 Å². The van der Waals surface area contributed by atoms with Crippen LogP contribution in [-0.2, 0) is 9.59 Å². The Morgan fingerprint density at radius 2 is 1.90 bits per heavy atom. The molecule has 1 saturated carbocycles. The third-order valence-corrected chi connectivity index (χ3v) is 7.17. The van der Waals surface area contributed by atoms with Crippen LogP contribution in [0.15, 0.2) is 48.0 Å². The average molecular weight is 613 g/mol. The second kappa shape index (κ2) is 19.8.